The van der Waals surface area contributed by atoms with Crippen LogP contribution in [0.25, 0.3) is 0 Å². The van der Waals surface area contributed by atoms with Gasteiger partial charge in [0, 0.05) is 11.1 Å². The Hall–Kier alpha value is -1.40. The third-order valence-corrected chi connectivity index (χ3v) is 12.7. The molecule has 0 fully saturated rings. The van der Waals surface area contributed by atoms with Crippen LogP contribution in [-0.2, 0) is 33.1 Å². The number of aryl methyl sites for hydroxylation is 4. The maximum absolute atomic E-state index is 14.2. The van der Waals surface area contributed by atoms with Crippen LogP contribution in [0.15, 0.2) is 67.3 Å². The molecule has 4 aromatic carbocycles. The molecule has 1 aliphatic carbocycles. The molecule has 0 atom stereocenters. The monoisotopic (exact) mass is 890 g/mol. The van der Waals surface area contributed by atoms with Crippen LogP contribution in [-0.4, -0.2) is 37.5 Å². The Labute approximate surface area is 365 Å². The summed E-state index contributed by atoms with van der Waals surface area (Å²) in [6.07, 6.45) is 3.64. The van der Waals surface area contributed by atoms with Gasteiger partial charge >= 0.3 is 59.1 Å². The molecule has 0 amide bonds. The molecule has 0 aliphatic heterocycles. The Balaban J connectivity index is 0.00000364. The molecular formula is C36H34Br2N2Na2O8S2. The number of halogens is 2. The zero-order valence-electron chi connectivity index (χ0n) is 29.7. The third kappa shape index (κ3) is 9.00. The quantitative estimate of drug-likeness (QED) is 0.140. The molecule has 0 radical (unpaired) electrons. The summed E-state index contributed by atoms with van der Waals surface area (Å²) < 4.78 is 74.8. The van der Waals surface area contributed by atoms with Crippen molar-refractivity contribution in [3.63, 3.8) is 0 Å². The number of hydrogen-bond donors (Lipinski definition) is 2. The average molecular weight is 893 g/mol. The summed E-state index contributed by atoms with van der Waals surface area (Å²) in [6.45, 7) is 7.38. The van der Waals surface area contributed by atoms with Gasteiger partial charge in [-0.05, 0) is 106 Å². The second-order valence-corrected chi connectivity index (χ2v) is 16.4. The van der Waals surface area contributed by atoms with Gasteiger partial charge < -0.3 is 19.7 Å². The summed E-state index contributed by atoms with van der Waals surface area (Å²) in [7, 11) is -9.83. The predicted molar refractivity (Wildman–Crippen MR) is 197 cm³/mol. The van der Waals surface area contributed by atoms with Crippen molar-refractivity contribution in [3.05, 3.63) is 102 Å². The van der Waals surface area contributed by atoms with Crippen LogP contribution in [0.4, 0.5) is 22.7 Å². The summed E-state index contributed by atoms with van der Waals surface area (Å²) >= 11 is 6.70. The van der Waals surface area contributed by atoms with Crippen LogP contribution in [0.5, 0.6) is 0 Å². The van der Waals surface area contributed by atoms with Crippen molar-refractivity contribution in [1.82, 2.24) is 0 Å². The van der Waals surface area contributed by atoms with Crippen LogP contribution < -0.4 is 69.7 Å². The van der Waals surface area contributed by atoms with E-state index in [0.29, 0.717) is 47.9 Å². The van der Waals surface area contributed by atoms with Gasteiger partial charge in [0.15, 0.2) is 11.6 Å². The minimum absolute atomic E-state index is 0. The van der Waals surface area contributed by atoms with E-state index in [2.05, 4.69) is 42.5 Å². The molecule has 1 aliphatic rings. The van der Waals surface area contributed by atoms with Crippen LogP contribution in [0.1, 0.15) is 93.6 Å². The van der Waals surface area contributed by atoms with Gasteiger partial charge in [0.05, 0.1) is 52.6 Å². The summed E-state index contributed by atoms with van der Waals surface area (Å²) in [4.78, 5) is 27.6. The van der Waals surface area contributed by atoms with E-state index < -0.39 is 41.6 Å². The summed E-state index contributed by atoms with van der Waals surface area (Å²) in [5.74, 6) is -0.972. The summed E-state index contributed by atoms with van der Waals surface area (Å²) in [5, 5.41) is 6.27. The first kappa shape index (κ1) is 45.0. The van der Waals surface area contributed by atoms with Gasteiger partial charge in [0.1, 0.15) is 20.2 Å². The molecule has 5 rings (SSSR count). The Kier molecular flexibility index (Phi) is 15.6. The van der Waals surface area contributed by atoms with E-state index in [9.17, 15) is 35.5 Å². The molecule has 0 spiro atoms. The molecule has 4 aromatic rings. The van der Waals surface area contributed by atoms with E-state index in [0.717, 1.165) is 12.8 Å². The largest absolute Gasteiger partial charge is 1.00 e. The van der Waals surface area contributed by atoms with Gasteiger partial charge in [-0.25, -0.2) is 16.8 Å². The maximum Gasteiger partial charge on any atom is 1.00 e. The van der Waals surface area contributed by atoms with E-state index in [1.54, 1.807) is 38.1 Å². The molecule has 2 N–H and O–H groups in total. The number of nitrogens with one attached hydrogen (secondary N) is 2. The second kappa shape index (κ2) is 18.0. The van der Waals surface area contributed by atoms with Crippen molar-refractivity contribution in [3.8, 4) is 0 Å². The van der Waals surface area contributed by atoms with E-state index in [4.69, 9.17) is 0 Å². The fourth-order valence-electron chi connectivity index (χ4n) is 6.31. The van der Waals surface area contributed by atoms with E-state index in [1.165, 1.54) is 24.3 Å². The smallest absolute Gasteiger partial charge is 0.744 e. The van der Waals surface area contributed by atoms with Crippen LogP contribution in [0, 0.1) is 13.8 Å². The SMILES string of the molecule is CCCCc1cc(C)c(Nc2ccc(Nc3c(C)cc(CCCC)c(S(=O)(=O)[O-])c3Br)c3c2C(=O)c2ccccc2C3=O)c(Br)c1S(=O)(=O)[O-].[Na+].[Na+]. The number of unbranched alkanes of at least 4 members (excludes halogenated alkanes) is 2. The van der Waals surface area contributed by atoms with Crippen LogP contribution in [0.3, 0.4) is 0 Å². The molecule has 10 nitrogen and oxygen atoms in total. The van der Waals surface area contributed by atoms with Crippen molar-refractivity contribution in [1.29, 1.82) is 0 Å². The molecule has 0 saturated carbocycles. The van der Waals surface area contributed by atoms with Crippen molar-refractivity contribution < 1.29 is 94.6 Å². The Bertz CT molecular complexity index is 2140. The molecule has 16 heteroatoms. The van der Waals surface area contributed by atoms with Crippen molar-refractivity contribution in [2.75, 3.05) is 10.6 Å². The number of fused-ring (bicyclic) bond motifs is 2. The Morgan fingerprint density at radius 2 is 0.981 bits per heavy atom. The van der Waals surface area contributed by atoms with Gasteiger partial charge in [0.2, 0.25) is 0 Å². The van der Waals surface area contributed by atoms with Crippen LogP contribution >= 0.6 is 31.9 Å². The number of anilines is 4. The first-order valence-electron chi connectivity index (χ1n) is 16.0. The molecule has 264 valence electrons. The average Bonchev–Trinajstić information content (AvgIpc) is 3.03. The number of carbonyl (C=O) groups excluding carboxylic acids is 2. The number of hydrogen-bond acceptors (Lipinski definition) is 10. The Morgan fingerprint density at radius 3 is 1.29 bits per heavy atom. The summed E-state index contributed by atoms with van der Waals surface area (Å²) in [6, 6.07) is 12.7. The minimum atomic E-state index is -4.91. The molecular weight excluding hydrogens is 858 g/mol. The minimum Gasteiger partial charge on any atom is -0.744 e. The van der Waals surface area contributed by atoms with Gasteiger partial charge in [-0.3, -0.25) is 9.59 Å². The standard InChI is InChI=1S/C36H36Br2N2O8S2.2Na/c1-5-7-11-21-17-19(3)31(29(37)35(21)49(43,44)45)39-25-15-16-26(28-27(25)33(41)23-13-9-10-14-24(23)34(28)42)40-32-20(4)18-22(12-8-6-2)36(30(32)38)50(46,47)48;;/h9-10,13-18,39-40H,5-8,11-12H2,1-4H3,(H,43,44,45)(H,46,47,48);;/q;2*+1/p-2. The molecule has 0 aromatic heterocycles. The topological polar surface area (TPSA) is 173 Å². The molecule has 52 heavy (non-hydrogen) atoms. The van der Waals surface area contributed by atoms with Gasteiger partial charge in [0.25, 0.3) is 0 Å². The summed E-state index contributed by atoms with van der Waals surface area (Å²) in [5.41, 5.74) is 3.03. The van der Waals surface area contributed by atoms with E-state index in [-0.39, 0.29) is 113 Å². The zero-order valence-corrected chi connectivity index (χ0v) is 38.5. The first-order valence-corrected chi connectivity index (χ1v) is 20.4. The number of ketones is 2. The fourth-order valence-corrected chi connectivity index (χ4v) is 10.4. The van der Waals surface area contributed by atoms with Crippen molar-refractivity contribution in [2.45, 2.75) is 76.0 Å². The number of benzene rings is 4. The van der Waals surface area contributed by atoms with Crippen molar-refractivity contribution in [2.24, 2.45) is 0 Å². The number of rotatable bonds is 12. The van der Waals surface area contributed by atoms with Gasteiger partial charge in [-0.2, -0.15) is 0 Å². The molecule has 0 heterocycles. The molecule has 0 bridgehead atoms. The third-order valence-electron chi connectivity index (χ3n) is 8.69. The number of carbonyl (C=O) groups is 2. The normalized spacial score (nSPS) is 12.4. The van der Waals surface area contributed by atoms with Crippen LogP contribution in [0.2, 0.25) is 0 Å². The second-order valence-electron chi connectivity index (χ2n) is 12.2. The van der Waals surface area contributed by atoms with Gasteiger partial charge in [-0.15, -0.1) is 0 Å². The Morgan fingerprint density at radius 1 is 0.635 bits per heavy atom. The first-order chi connectivity index (χ1) is 23.5. The maximum atomic E-state index is 14.2. The predicted octanol–water partition coefficient (Wildman–Crippen LogP) is 2.59. The molecule has 0 unspecified atom stereocenters. The molecule has 0 saturated heterocycles. The van der Waals surface area contributed by atoms with Crippen molar-refractivity contribution >= 4 is 86.4 Å². The zero-order chi connectivity index (χ0) is 36.7. The van der Waals surface area contributed by atoms with Gasteiger partial charge in [-0.1, -0.05) is 63.1 Å². The van der Waals surface area contributed by atoms with E-state index in [1.807, 2.05) is 13.8 Å². The van der Waals surface area contributed by atoms with E-state index >= 15 is 0 Å². The fraction of sp³-hybridized carbons (Fsp3) is 0.278.